The van der Waals surface area contributed by atoms with Gasteiger partial charge < -0.3 is 10.3 Å². The van der Waals surface area contributed by atoms with Crippen LogP contribution in [0.15, 0.2) is 48.9 Å². The number of hydrogen-bond acceptors (Lipinski definition) is 4. The van der Waals surface area contributed by atoms with Gasteiger partial charge in [-0.2, -0.15) is 5.10 Å². The van der Waals surface area contributed by atoms with E-state index in [1.165, 1.54) is 12.8 Å². The van der Waals surface area contributed by atoms with Gasteiger partial charge in [0, 0.05) is 19.4 Å². The van der Waals surface area contributed by atoms with Gasteiger partial charge >= 0.3 is 0 Å². The van der Waals surface area contributed by atoms with Crippen molar-refractivity contribution in [1.82, 2.24) is 24.7 Å². The minimum atomic E-state index is -0.203. The molecule has 1 fully saturated rings. The Kier molecular flexibility index (Phi) is 3.53. The first-order valence-electron chi connectivity index (χ1n) is 8.92. The second kappa shape index (κ2) is 6.05. The first-order valence-corrected chi connectivity index (χ1v) is 8.92. The van der Waals surface area contributed by atoms with Crippen molar-refractivity contribution < 1.29 is 4.79 Å². The highest BCUT2D eigenvalue weighted by Crippen LogP contribution is 2.39. The molecule has 27 heavy (non-hydrogen) atoms. The lowest BCUT2D eigenvalue weighted by atomic mass is 10.1. The van der Waals surface area contributed by atoms with E-state index in [1.54, 1.807) is 24.1 Å². The lowest BCUT2D eigenvalue weighted by Crippen LogP contribution is -2.15. The number of imidazole rings is 1. The van der Waals surface area contributed by atoms with Crippen LogP contribution in [0.5, 0.6) is 0 Å². The number of amides is 1. The Morgan fingerprint density at radius 1 is 1.22 bits per heavy atom. The molecule has 1 amide bonds. The van der Waals surface area contributed by atoms with E-state index in [4.69, 9.17) is 0 Å². The molecule has 0 radical (unpaired) electrons. The molecule has 0 atom stereocenters. The molecule has 0 bridgehead atoms. The maximum atomic E-state index is 12.8. The van der Waals surface area contributed by atoms with Gasteiger partial charge in [0.15, 0.2) is 0 Å². The number of anilines is 1. The van der Waals surface area contributed by atoms with Crippen LogP contribution >= 0.6 is 0 Å². The zero-order chi connectivity index (χ0) is 18.4. The van der Waals surface area contributed by atoms with Crippen molar-refractivity contribution in [3.8, 4) is 11.4 Å². The number of para-hydroxylation sites is 2. The highest BCUT2D eigenvalue weighted by Gasteiger charge is 2.25. The topological polar surface area (TPSA) is 88.5 Å². The van der Waals surface area contributed by atoms with Gasteiger partial charge in [0.05, 0.1) is 28.4 Å². The highest BCUT2D eigenvalue weighted by molar-refractivity contribution is 6.05. The molecule has 2 N–H and O–H groups in total. The van der Waals surface area contributed by atoms with Gasteiger partial charge in [-0.25, -0.2) is 4.98 Å². The molecule has 1 aliphatic carbocycles. The lowest BCUT2D eigenvalue weighted by Gasteiger charge is -2.08. The van der Waals surface area contributed by atoms with Crippen molar-refractivity contribution in [3.05, 3.63) is 60.0 Å². The Bertz CT molecular complexity index is 1120. The molecule has 3 heterocycles. The molecule has 1 saturated carbocycles. The fourth-order valence-corrected chi connectivity index (χ4v) is 3.24. The largest absolute Gasteiger partial charge is 0.338 e. The summed E-state index contributed by atoms with van der Waals surface area (Å²) in [6.07, 6.45) is 7.48. The fourth-order valence-electron chi connectivity index (χ4n) is 3.24. The summed E-state index contributed by atoms with van der Waals surface area (Å²) in [7, 11) is 1.79. The van der Waals surface area contributed by atoms with Crippen LogP contribution < -0.4 is 5.32 Å². The lowest BCUT2D eigenvalue weighted by molar-refractivity contribution is 0.102. The van der Waals surface area contributed by atoms with Crippen LogP contribution in [0.2, 0.25) is 0 Å². The van der Waals surface area contributed by atoms with Gasteiger partial charge in [-0.1, -0.05) is 12.1 Å². The predicted octanol–water partition coefficient (Wildman–Crippen LogP) is 3.49. The van der Waals surface area contributed by atoms with Crippen LogP contribution in [-0.4, -0.2) is 30.6 Å². The minimum Gasteiger partial charge on any atom is -0.338 e. The van der Waals surface area contributed by atoms with Crippen molar-refractivity contribution in [1.29, 1.82) is 0 Å². The van der Waals surface area contributed by atoms with E-state index in [1.807, 2.05) is 36.5 Å². The van der Waals surface area contributed by atoms with Crippen molar-refractivity contribution in [3.63, 3.8) is 0 Å². The number of aryl methyl sites for hydroxylation is 1. The van der Waals surface area contributed by atoms with E-state index in [2.05, 4.69) is 25.4 Å². The number of H-pyrrole nitrogens is 1. The molecule has 0 saturated heterocycles. The fraction of sp³-hybridized carbons (Fsp3) is 0.200. The zero-order valence-electron chi connectivity index (χ0n) is 14.8. The molecule has 3 aromatic heterocycles. The Balaban J connectivity index is 1.48. The average molecular weight is 358 g/mol. The summed E-state index contributed by atoms with van der Waals surface area (Å²) >= 11 is 0. The van der Waals surface area contributed by atoms with E-state index >= 15 is 0 Å². The monoisotopic (exact) mass is 358 g/mol. The summed E-state index contributed by atoms with van der Waals surface area (Å²) in [5, 5.41) is 7.26. The van der Waals surface area contributed by atoms with Crippen LogP contribution in [0.1, 0.15) is 34.7 Å². The van der Waals surface area contributed by atoms with Gasteiger partial charge in [-0.05, 0) is 42.5 Å². The molecule has 7 nitrogen and oxygen atoms in total. The molecule has 4 aromatic rings. The molecule has 7 heteroatoms. The molecule has 0 aliphatic heterocycles. The number of carbonyl (C=O) groups excluding carboxylic acids is 1. The summed E-state index contributed by atoms with van der Waals surface area (Å²) in [5.41, 5.74) is 4.24. The number of hydrogen-bond donors (Lipinski definition) is 2. The highest BCUT2D eigenvalue weighted by atomic mass is 16.1. The van der Waals surface area contributed by atoms with Crippen LogP contribution in [-0.2, 0) is 7.05 Å². The molecule has 1 aliphatic rings. The number of rotatable bonds is 4. The van der Waals surface area contributed by atoms with E-state index in [0.29, 0.717) is 23.1 Å². The molecule has 0 unspecified atom stereocenters. The van der Waals surface area contributed by atoms with E-state index < -0.39 is 0 Å². The van der Waals surface area contributed by atoms with Gasteiger partial charge in [0.2, 0.25) is 0 Å². The third-order valence-corrected chi connectivity index (χ3v) is 4.89. The third-order valence-electron chi connectivity index (χ3n) is 4.89. The first-order chi connectivity index (χ1) is 13.2. The first kappa shape index (κ1) is 15.7. The Labute approximate surface area is 155 Å². The smallest absolute Gasteiger partial charge is 0.258 e. The van der Waals surface area contributed by atoms with Crippen LogP contribution in [0, 0.1) is 0 Å². The number of aromatic nitrogens is 5. The number of benzene rings is 1. The van der Waals surface area contributed by atoms with Gasteiger partial charge in [-0.3, -0.25) is 14.5 Å². The van der Waals surface area contributed by atoms with Crippen molar-refractivity contribution in [2.45, 2.75) is 18.8 Å². The number of nitrogens with zero attached hydrogens (tertiary/aromatic N) is 4. The number of carbonyl (C=O) groups is 1. The molecule has 134 valence electrons. The van der Waals surface area contributed by atoms with Crippen LogP contribution in [0.3, 0.4) is 0 Å². The standard InChI is InChI=1S/C20H18N6O/c1-26-19(25-20(27)14-8-13(9-21-10-14)12-6-7-12)15(11-22-26)18-23-16-4-2-3-5-17(16)24-18/h2-5,8-12H,6-7H2,1H3,(H,23,24)(H,25,27). The predicted molar refractivity (Wildman–Crippen MR) is 102 cm³/mol. The maximum Gasteiger partial charge on any atom is 0.258 e. The van der Waals surface area contributed by atoms with Crippen molar-refractivity contribution >= 4 is 22.8 Å². The number of nitrogens with one attached hydrogen (secondary N) is 2. The van der Waals surface area contributed by atoms with Gasteiger partial charge in [-0.15, -0.1) is 0 Å². The third kappa shape index (κ3) is 2.87. The molecule has 0 spiro atoms. The SMILES string of the molecule is Cn1ncc(-c2nc3ccccc3[nH]2)c1NC(=O)c1cncc(C2CC2)c1. The Morgan fingerprint density at radius 3 is 2.89 bits per heavy atom. The molecular formula is C20H18N6O. The molecular weight excluding hydrogens is 340 g/mol. The molecule has 5 rings (SSSR count). The van der Waals surface area contributed by atoms with E-state index in [9.17, 15) is 4.79 Å². The summed E-state index contributed by atoms with van der Waals surface area (Å²) in [5.74, 6) is 1.61. The normalized spacial score (nSPS) is 13.8. The summed E-state index contributed by atoms with van der Waals surface area (Å²) in [4.78, 5) is 24.9. The zero-order valence-corrected chi connectivity index (χ0v) is 14.8. The Morgan fingerprint density at radius 2 is 2.07 bits per heavy atom. The number of aromatic amines is 1. The minimum absolute atomic E-state index is 0.203. The Hall–Kier alpha value is -3.48. The summed E-state index contributed by atoms with van der Waals surface area (Å²) in [6.45, 7) is 0. The summed E-state index contributed by atoms with van der Waals surface area (Å²) in [6, 6.07) is 9.74. The average Bonchev–Trinajstić information content (AvgIpc) is 3.36. The maximum absolute atomic E-state index is 12.8. The van der Waals surface area contributed by atoms with Crippen molar-refractivity contribution in [2.75, 3.05) is 5.32 Å². The van der Waals surface area contributed by atoms with Crippen LogP contribution in [0.4, 0.5) is 5.82 Å². The number of fused-ring (bicyclic) bond motifs is 1. The van der Waals surface area contributed by atoms with Crippen molar-refractivity contribution in [2.24, 2.45) is 7.05 Å². The summed E-state index contributed by atoms with van der Waals surface area (Å²) < 4.78 is 1.64. The second-order valence-electron chi connectivity index (χ2n) is 6.87. The van der Waals surface area contributed by atoms with E-state index in [0.717, 1.165) is 22.2 Å². The molecule has 1 aromatic carbocycles. The quantitative estimate of drug-likeness (QED) is 0.584. The second-order valence-corrected chi connectivity index (χ2v) is 6.87. The van der Waals surface area contributed by atoms with Gasteiger partial charge in [0.1, 0.15) is 11.6 Å². The van der Waals surface area contributed by atoms with Crippen LogP contribution in [0.25, 0.3) is 22.4 Å². The number of pyridine rings is 1. The van der Waals surface area contributed by atoms with Gasteiger partial charge in [0.25, 0.3) is 5.91 Å². The van der Waals surface area contributed by atoms with E-state index in [-0.39, 0.29) is 5.91 Å².